The van der Waals surface area contributed by atoms with E-state index in [9.17, 15) is 18.4 Å². The van der Waals surface area contributed by atoms with Gasteiger partial charge < -0.3 is 14.5 Å². The van der Waals surface area contributed by atoms with Crippen molar-refractivity contribution in [2.45, 2.75) is 74.2 Å². The number of rotatable bonds is 3. The minimum absolute atomic E-state index is 0.0862. The Morgan fingerprint density at radius 2 is 1.78 bits per heavy atom. The van der Waals surface area contributed by atoms with Gasteiger partial charge in [0.1, 0.15) is 18.9 Å². The fraction of sp³-hybridized carbons (Fsp3) is 0.895. The lowest BCUT2D eigenvalue weighted by Gasteiger charge is -2.56. The van der Waals surface area contributed by atoms with Crippen LogP contribution >= 0.6 is 11.6 Å². The van der Waals surface area contributed by atoms with Gasteiger partial charge in [-0.15, -0.1) is 11.6 Å². The third kappa shape index (κ3) is 3.46. The molecule has 5 nitrogen and oxygen atoms in total. The van der Waals surface area contributed by atoms with Crippen molar-refractivity contribution in [3.05, 3.63) is 0 Å². The summed E-state index contributed by atoms with van der Waals surface area (Å²) in [5.74, 6) is -0.146. The molecule has 152 valence electrons. The number of piperazine rings is 1. The van der Waals surface area contributed by atoms with E-state index in [1.165, 1.54) is 4.90 Å². The van der Waals surface area contributed by atoms with E-state index >= 15 is 0 Å². The zero-order valence-corrected chi connectivity index (χ0v) is 16.2. The fourth-order valence-electron chi connectivity index (χ4n) is 5.01. The summed E-state index contributed by atoms with van der Waals surface area (Å²) in [4.78, 5) is 29.4. The Kier molecular flexibility index (Phi) is 5.36. The third-order valence-electron chi connectivity index (χ3n) is 6.76. The van der Waals surface area contributed by atoms with E-state index in [0.29, 0.717) is 32.2 Å². The molecular weight excluding hydrogens is 378 g/mol. The van der Waals surface area contributed by atoms with Crippen LogP contribution in [0, 0.1) is 5.92 Å². The molecule has 0 radical (unpaired) electrons. The summed E-state index contributed by atoms with van der Waals surface area (Å²) >= 11 is 6.05. The van der Waals surface area contributed by atoms with Crippen molar-refractivity contribution in [1.29, 1.82) is 0 Å². The molecule has 2 saturated carbocycles. The molecule has 0 bridgehead atoms. The Balaban J connectivity index is 1.50. The largest absolute Gasteiger partial charge is 0.375 e. The van der Waals surface area contributed by atoms with Gasteiger partial charge in [0.25, 0.3) is 5.91 Å². The number of hydrogen-bond acceptors (Lipinski definition) is 3. The molecule has 2 saturated heterocycles. The van der Waals surface area contributed by atoms with Gasteiger partial charge in [0, 0.05) is 11.9 Å². The second kappa shape index (κ2) is 7.47. The number of alkyl halides is 3. The van der Waals surface area contributed by atoms with Gasteiger partial charge in [0.05, 0.1) is 19.3 Å². The summed E-state index contributed by atoms with van der Waals surface area (Å²) in [6.45, 7) is 0.696. The van der Waals surface area contributed by atoms with Crippen LogP contribution in [0.25, 0.3) is 0 Å². The number of halogens is 3. The van der Waals surface area contributed by atoms with E-state index in [-0.39, 0.29) is 49.3 Å². The Hall–Kier alpha value is -0.950. The van der Waals surface area contributed by atoms with Crippen LogP contribution in [0.1, 0.15) is 44.9 Å². The lowest BCUT2D eigenvalue weighted by atomic mass is 9.82. The first kappa shape index (κ1) is 19.4. The molecule has 2 heterocycles. The van der Waals surface area contributed by atoms with Gasteiger partial charge in [0.2, 0.25) is 5.91 Å². The van der Waals surface area contributed by atoms with Crippen LogP contribution in [0.4, 0.5) is 8.78 Å². The minimum Gasteiger partial charge on any atom is -0.375 e. The molecule has 27 heavy (non-hydrogen) atoms. The van der Waals surface area contributed by atoms with Gasteiger partial charge in [-0.2, -0.15) is 0 Å². The van der Waals surface area contributed by atoms with Gasteiger partial charge in [0.15, 0.2) is 5.54 Å². The third-order valence-corrected chi connectivity index (χ3v) is 7.15. The van der Waals surface area contributed by atoms with Crippen LogP contribution in [0.2, 0.25) is 0 Å². The summed E-state index contributed by atoms with van der Waals surface area (Å²) in [5, 5.41) is -0.213. The summed E-state index contributed by atoms with van der Waals surface area (Å²) in [6, 6.07) is -0.585. The molecule has 0 aromatic carbocycles. The van der Waals surface area contributed by atoms with Crippen LogP contribution < -0.4 is 0 Å². The molecule has 1 spiro atoms. The topological polar surface area (TPSA) is 49.9 Å². The minimum atomic E-state index is -1.21. The van der Waals surface area contributed by atoms with Crippen molar-refractivity contribution in [1.82, 2.24) is 9.80 Å². The number of ether oxygens (including phenoxy) is 1. The first-order valence-corrected chi connectivity index (χ1v) is 10.5. The van der Waals surface area contributed by atoms with Gasteiger partial charge in [-0.05, 0) is 50.9 Å². The van der Waals surface area contributed by atoms with Gasteiger partial charge in [-0.25, -0.2) is 8.78 Å². The number of carbonyl (C=O) groups excluding carboxylic acids is 2. The van der Waals surface area contributed by atoms with E-state index < -0.39 is 23.9 Å². The smallest absolute Gasteiger partial charge is 0.254 e. The molecule has 4 fully saturated rings. The molecule has 8 heteroatoms. The van der Waals surface area contributed by atoms with Crippen molar-refractivity contribution >= 4 is 23.4 Å². The van der Waals surface area contributed by atoms with Crippen molar-refractivity contribution < 1.29 is 23.1 Å². The maximum Gasteiger partial charge on any atom is 0.254 e. The Morgan fingerprint density at radius 1 is 1.07 bits per heavy atom. The maximum absolute atomic E-state index is 14.6. The lowest BCUT2D eigenvalue weighted by Crippen LogP contribution is -2.78. The van der Waals surface area contributed by atoms with Crippen molar-refractivity contribution in [2.24, 2.45) is 5.92 Å². The molecule has 0 N–H and O–H groups in total. The maximum atomic E-state index is 14.6. The van der Waals surface area contributed by atoms with Crippen LogP contribution in [-0.4, -0.2) is 77.2 Å². The molecule has 3 atom stereocenters. The number of carbonyl (C=O) groups is 2. The molecule has 0 aromatic rings. The second-order valence-electron chi connectivity index (χ2n) is 8.57. The van der Waals surface area contributed by atoms with Crippen molar-refractivity contribution in [2.75, 3.05) is 26.3 Å². The molecule has 3 unspecified atom stereocenters. The molecule has 0 aromatic heterocycles. The van der Waals surface area contributed by atoms with E-state index in [4.69, 9.17) is 16.3 Å². The van der Waals surface area contributed by atoms with Crippen LogP contribution in [0.5, 0.6) is 0 Å². The highest BCUT2D eigenvalue weighted by molar-refractivity contribution is 6.20. The van der Waals surface area contributed by atoms with E-state index in [2.05, 4.69) is 0 Å². The first-order chi connectivity index (χ1) is 12.9. The van der Waals surface area contributed by atoms with Crippen molar-refractivity contribution in [3.8, 4) is 0 Å². The summed E-state index contributed by atoms with van der Waals surface area (Å²) in [7, 11) is 0. The second-order valence-corrected chi connectivity index (χ2v) is 9.19. The molecule has 2 aliphatic carbocycles. The molecule has 4 aliphatic rings. The molecular formula is C19H27ClF2N2O3. The number of amides is 2. The average Bonchev–Trinajstić information content (AvgIpc) is 2.59. The van der Waals surface area contributed by atoms with Gasteiger partial charge in [-0.3, -0.25) is 9.59 Å². The Labute approximate surface area is 163 Å². The highest BCUT2D eigenvalue weighted by Crippen LogP contribution is 2.38. The standard InChI is InChI=1S/C19H27ClF2N2O3/c20-13-3-6-16(15(22)7-13)23-9-17(25)24(19(18(23)26)10-27-11-19)8-12-1-4-14(21)5-2-12/h12-16H,1-11H2. The zero-order chi connectivity index (χ0) is 19.2. The Morgan fingerprint density at radius 3 is 2.37 bits per heavy atom. The van der Waals surface area contributed by atoms with Gasteiger partial charge in [-0.1, -0.05) is 0 Å². The average molecular weight is 405 g/mol. The highest BCUT2D eigenvalue weighted by Gasteiger charge is 2.59. The van der Waals surface area contributed by atoms with E-state index in [1.807, 2.05) is 0 Å². The summed E-state index contributed by atoms with van der Waals surface area (Å²) in [6.07, 6.45) is 1.86. The quantitative estimate of drug-likeness (QED) is 0.679. The summed E-state index contributed by atoms with van der Waals surface area (Å²) < 4.78 is 33.3. The van der Waals surface area contributed by atoms with Crippen LogP contribution in [0.3, 0.4) is 0 Å². The van der Waals surface area contributed by atoms with Crippen LogP contribution in [0.15, 0.2) is 0 Å². The normalized spacial score (nSPS) is 39.6. The highest BCUT2D eigenvalue weighted by atomic mass is 35.5. The lowest BCUT2D eigenvalue weighted by molar-refractivity contribution is -0.202. The van der Waals surface area contributed by atoms with E-state index in [1.54, 1.807) is 4.90 Å². The zero-order valence-electron chi connectivity index (χ0n) is 15.4. The monoisotopic (exact) mass is 404 g/mol. The van der Waals surface area contributed by atoms with Crippen molar-refractivity contribution in [3.63, 3.8) is 0 Å². The molecule has 2 amide bonds. The first-order valence-electron chi connectivity index (χ1n) is 10.0. The number of nitrogens with zero attached hydrogens (tertiary/aromatic N) is 2. The van der Waals surface area contributed by atoms with E-state index in [0.717, 1.165) is 12.8 Å². The van der Waals surface area contributed by atoms with Crippen LogP contribution in [-0.2, 0) is 14.3 Å². The number of hydrogen-bond donors (Lipinski definition) is 0. The predicted octanol–water partition coefficient (Wildman–Crippen LogP) is 2.45. The fourth-order valence-corrected chi connectivity index (χ4v) is 5.31. The van der Waals surface area contributed by atoms with Gasteiger partial charge >= 0.3 is 0 Å². The Bertz CT molecular complexity index is 596. The SMILES string of the molecule is O=C1CN(C2CCC(Cl)CC2F)C(=O)C2(COC2)N1CC1CCC(F)CC1. The molecule has 2 aliphatic heterocycles. The molecule has 4 rings (SSSR count). The predicted molar refractivity (Wildman–Crippen MR) is 96.0 cm³/mol. The summed E-state index contributed by atoms with van der Waals surface area (Å²) in [5.41, 5.74) is -1.00.